The standard InChI is InChI=1S/C19H32N4O3S2/c1-5-27(24)17-8-6-7-16(13-17)22-19(20-2)21-14-15-9-11-18(12-10-15)28(25,26)23(3)4/h9-12,16-17H,5-8,13-14H2,1-4H3,(H2,20,21,22). The highest BCUT2D eigenvalue weighted by atomic mass is 32.2. The predicted molar refractivity (Wildman–Crippen MR) is 115 cm³/mol. The number of nitrogens with zero attached hydrogens (tertiary/aromatic N) is 2. The first kappa shape index (κ1) is 22.8. The highest BCUT2D eigenvalue weighted by Crippen LogP contribution is 2.23. The summed E-state index contributed by atoms with van der Waals surface area (Å²) in [6.07, 6.45) is 4.06. The Hall–Kier alpha value is -1.45. The van der Waals surface area contributed by atoms with Crippen LogP contribution in [0.15, 0.2) is 34.2 Å². The number of guanidine groups is 1. The van der Waals surface area contributed by atoms with Crippen molar-refractivity contribution >= 4 is 26.8 Å². The summed E-state index contributed by atoms with van der Waals surface area (Å²) in [6, 6.07) is 7.12. The Kier molecular flexibility index (Phi) is 8.45. The summed E-state index contributed by atoms with van der Waals surface area (Å²) in [4.78, 5) is 4.56. The van der Waals surface area contributed by atoms with Crippen molar-refractivity contribution in [2.75, 3.05) is 26.9 Å². The number of rotatable bonds is 7. The van der Waals surface area contributed by atoms with Crippen LogP contribution >= 0.6 is 0 Å². The van der Waals surface area contributed by atoms with Gasteiger partial charge in [0.25, 0.3) is 0 Å². The van der Waals surface area contributed by atoms with Gasteiger partial charge in [0.1, 0.15) is 0 Å². The SMILES string of the molecule is CCS(=O)C1CCCC(NC(=NC)NCc2ccc(S(=O)(=O)N(C)C)cc2)C1. The summed E-state index contributed by atoms with van der Waals surface area (Å²) in [5, 5.41) is 6.98. The second-order valence-corrected chi connectivity index (χ2v) is 11.3. The van der Waals surface area contributed by atoms with E-state index in [-0.39, 0.29) is 16.2 Å². The van der Waals surface area contributed by atoms with E-state index in [4.69, 9.17) is 0 Å². The lowest BCUT2D eigenvalue weighted by molar-refractivity contribution is 0.413. The molecule has 7 nitrogen and oxygen atoms in total. The first-order valence-electron chi connectivity index (χ1n) is 9.63. The molecule has 1 fully saturated rings. The molecule has 0 amide bonds. The van der Waals surface area contributed by atoms with E-state index in [9.17, 15) is 12.6 Å². The monoisotopic (exact) mass is 428 g/mol. The molecule has 28 heavy (non-hydrogen) atoms. The smallest absolute Gasteiger partial charge is 0.242 e. The van der Waals surface area contributed by atoms with Crippen LogP contribution in [0.2, 0.25) is 0 Å². The minimum atomic E-state index is -3.41. The number of hydrogen-bond acceptors (Lipinski definition) is 4. The zero-order valence-electron chi connectivity index (χ0n) is 17.1. The van der Waals surface area contributed by atoms with Gasteiger partial charge in [-0.3, -0.25) is 9.20 Å². The number of benzene rings is 1. The molecule has 3 atom stereocenters. The van der Waals surface area contributed by atoms with E-state index in [1.807, 2.05) is 6.92 Å². The summed E-state index contributed by atoms with van der Waals surface area (Å²) in [5.74, 6) is 1.42. The van der Waals surface area contributed by atoms with E-state index < -0.39 is 20.8 Å². The zero-order valence-corrected chi connectivity index (χ0v) is 18.8. The number of aliphatic imine (C=N–C) groups is 1. The van der Waals surface area contributed by atoms with Gasteiger partial charge in [-0.15, -0.1) is 0 Å². The van der Waals surface area contributed by atoms with Crippen molar-refractivity contribution in [3.63, 3.8) is 0 Å². The summed E-state index contributed by atoms with van der Waals surface area (Å²) in [5.41, 5.74) is 0.967. The maximum atomic E-state index is 12.1. The van der Waals surface area contributed by atoms with Gasteiger partial charge < -0.3 is 10.6 Å². The molecule has 0 bridgehead atoms. The van der Waals surface area contributed by atoms with Gasteiger partial charge in [-0.25, -0.2) is 12.7 Å². The van der Waals surface area contributed by atoms with Crippen LogP contribution in [0.5, 0.6) is 0 Å². The third kappa shape index (κ3) is 6.02. The van der Waals surface area contributed by atoms with Gasteiger partial charge in [-0.1, -0.05) is 25.5 Å². The van der Waals surface area contributed by atoms with E-state index in [1.54, 1.807) is 31.3 Å². The van der Waals surface area contributed by atoms with E-state index in [0.717, 1.165) is 31.2 Å². The molecule has 1 aromatic rings. The van der Waals surface area contributed by atoms with Crippen LogP contribution in [0.1, 0.15) is 38.2 Å². The van der Waals surface area contributed by atoms with Crippen molar-refractivity contribution in [3.05, 3.63) is 29.8 Å². The predicted octanol–water partition coefficient (Wildman–Crippen LogP) is 1.68. The Balaban J connectivity index is 1.91. The van der Waals surface area contributed by atoms with Crippen molar-refractivity contribution in [1.82, 2.24) is 14.9 Å². The lowest BCUT2D eigenvalue weighted by Crippen LogP contribution is -2.46. The van der Waals surface area contributed by atoms with Crippen molar-refractivity contribution in [3.8, 4) is 0 Å². The van der Waals surface area contributed by atoms with Gasteiger partial charge in [0.15, 0.2) is 5.96 Å². The highest BCUT2D eigenvalue weighted by molar-refractivity contribution is 7.89. The van der Waals surface area contributed by atoms with Crippen molar-refractivity contribution in [1.29, 1.82) is 0 Å². The van der Waals surface area contributed by atoms with Crippen molar-refractivity contribution in [2.24, 2.45) is 4.99 Å². The largest absolute Gasteiger partial charge is 0.354 e. The maximum Gasteiger partial charge on any atom is 0.242 e. The van der Waals surface area contributed by atoms with Gasteiger partial charge in [0.2, 0.25) is 10.0 Å². The summed E-state index contributed by atoms with van der Waals surface area (Å²) < 4.78 is 37.6. The molecule has 2 rings (SSSR count). The van der Waals surface area contributed by atoms with Crippen LogP contribution in [0, 0.1) is 0 Å². The van der Waals surface area contributed by atoms with Crippen molar-refractivity contribution < 1.29 is 12.6 Å². The molecule has 0 heterocycles. The molecule has 0 aliphatic heterocycles. The first-order chi connectivity index (χ1) is 13.3. The molecule has 0 saturated heterocycles. The van der Waals surface area contributed by atoms with Gasteiger partial charge in [0, 0.05) is 55.5 Å². The van der Waals surface area contributed by atoms with Gasteiger partial charge >= 0.3 is 0 Å². The topological polar surface area (TPSA) is 90.9 Å². The second-order valence-electron chi connectivity index (χ2n) is 7.16. The molecule has 1 saturated carbocycles. The molecule has 1 aromatic carbocycles. The molecule has 3 unspecified atom stereocenters. The second kappa shape index (κ2) is 10.4. The van der Waals surface area contributed by atoms with Crippen LogP contribution in [0.4, 0.5) is 0 Å². The molecule has 9 heteroatoms. The fourth-order valence-electron chi connectivity index (χ4n) is 3.31. The average Bonchev–Trinajstić information content (AvgIpc) is 2.70. The van der Waals surface area contributed by atoms with E-state index in [0.29, 0.717) is 18.3 Å². The van der Waals surface area contributed by atoms with Crippen molar-refractivity contribution in [2.45, 2.75) is 55.3 Å². The Morgan fingerprint density at radius 1 is 1.25 bits per heavy atom. The average molecular weight is 429 g/mol. The minimum absolute atomic E-state index is 0.264. The molecule has 2 N–H and O–H groups in total. The molecule has 0 aromatic heterocycles. The van der Waals surface area contributed by atoms with Crippen LogP contribution in [0.3, 0.4) is 0 Å². The lowest BCUT2D eigenvalue weighted by Gasteiger charge is -2.30. The summed E-state index contributed by atoms with van der Waals surface area (Å²) >= 11 is 0. The van der Waals surface area contributed by atoms with Crippen LogP contribution in [-0.2, 0) is 27.4 Å². The Morgan fingerprint density at radius 2 is 1.93 bits per heavy atom. The number of sulfonamides is 1. The third-order valence-electron chi connectivity index (χ3n) is 5.01. The first-order valence-corrected chi connectivity index (χ1v) is 12.5. The van der Waals surface area contributed by atoms with Crippen LogP contribution < -0.4 is 10.6 Å². The molecule has 1 aliphatic carbocycles. The van der Waals surface area contributed by atoms with E-state index in [1.165, 1.54) is 18.4 Å². The molecule has 0 radical (unpaired) electrons. The zero-order chi connectivity index (χ0) is 20.7. The lowest BCUT2D eigenvalue weighted by atomic mass is 9.95. The maximum absolute atomic E-state index is 12.1. The van der Waals surface area contributed by atoms with Gasteiger partial charge in [-0.2, -0.15) is 0 Å². The van der Waals surface area contributed by atoms with Crippen LogP contribution in [-0.4, -0.2) is 61.1 Å². The van der Waals surface area contributed by atoms with Gasteiger partial charge in [0.05, 0.1) is 4.90 Å². The van der Waals surface area contributed by atoms with E-state index >= 15 is 0 Å². The Labute approximate surface area is 171 Å². The fraction of sp³-hybridized carbons (Fsp3) is 0.632. The molecular weight excluding hydrogens is 396 g/mol. The Bertz CT molecular complexity index is 792. The minimum Gasteiger partial charge on any atom is -0.354 e. The summed E-state index contributed by atoms with van der Waals surface area (Å²) in [6.45, 7) is 2.52. The quantitative estimate of drug-likeness (QED) is 0.509. The summed E-state index contributed by atoms with van der Waals surface area (Å²) in [7, 11) is 0.607. The normalized spacial score (nSPS) is 22.1. The molecule has 0 spiro atoms. The number of nitrogens with one attached hydrogen (secondary N) is 2. The molecule has 1 aliphatic rings. The molecule has 158 valence electrons. The fourth-order valence-corrected chi connectivity index (χ4v) is 5.56. The number of hydrogen-bond donors (Lipinski definition) is 2. The van der Waals surface area contributed by atoms with E-state index in [2.05, 4.69) is 15.6 Å². The van der Waals surface area contributed by atoms with Crippen LogP contribution in [0.25, 0.3) is 0 Å². The molecular formula is C19H32N4O3S2. The third-order valence-corrected chi connectivity index (χ3v) is 8.58. The highest BCUT2D eigenvalue weighted by Gasteiger charge is 2.26. The Morgan fingerprint density at radius 3 is 2.50 bits per heavy atom. The van der Waals surface area contributed by atoms with Gasteiger partial charge in [-0.05, 0) is 37.0 Å².